The molecule has 0 aliphatic heterocycles. The zero-order chi connectivity index (χ0) is 65.8. The topological polar surface area (TPSA) is 84.2 Å². The summed E-state index contributed by atoms with van der Waals surface area (Å²) in [5.74, 6) is 1.97. The van der Waals surface area contributed by atoms with E-state index in [9.17, 15) is 0 Å². The van der Waals surface area contributed by atoms with Crippen LogP contribution in [0.25, 0.3) is 189 Å². The summed E-state index contributed by atoms with van der Waals surface area (Å²) in [5, 5.41) is 8.89. The lowest BCUT2D eigenvalue weighted by atomic mass is 10.00. The van der Waals surface area contributed by atoms with Crippen LogP contribution < -0.4 is 0 Å². The predicted molar refractivity (Wildman–Crippen MR) is 411 cm³/mol. The summed E-state index contributed by atoms with van der Waals surface area (Å²) >= 11 is 0. The molecule has 7 aromatic heterocycles. The Morgan fingerprint density at radius 3 is 0.940 bits per heavy atom. The van der Waals surface area contributed by atoms with Crippen LogP contribution in [-0.2, 0) is 0 Å². The molecule has 0 radical (unpaired) electrons. The third-order valence-electron chi connectivity index (χ3n) is 19.9. The van der Waals surface area contributed by atoms with Crippen molar-refractivity contribution in [3.63, 3.8) is 0 Å². The predicted octanol–water partition coefficient (Wildman–Crippen LogP) is 22.7. The fourth-order valence-corrected chi connectivity index (χ4v) is 15.3. The molecule has 0 bridgehead atoms. The summed E-state index contributed by atoms with van der Waals surface area (Å²) in [6.07, 6.45) is 1.87. The van der Waals surface area contributed by atoms with Gasteiger partial charge in [-0.25, -0.2) is 24.9 Å². The molecule has 0 fully saturated rings. The molecular weight excluding hydrogens is 1220 g/mol. The van der Waals surface area contributed by atoms with Crippen molar-refractivity contribution < 1.29 is 0 Å². The number of benzene rings is 13. The molecule has 0 unspecified atom stereocenters. The van der Waals surface area contributed by atoms with Crippen LogP contribution >= 0.6 is 0 Å². The number of hydrogen-bond donors (Lipinski definition) is 0. The van der Waals surface area contributed by atoms with Crippen LogP contribution in [0, 0.1) is 0 Å². The summed E-state index contributed by atoms with van der Waals surface area (Å²) < 4.78 is 9.34. The molecule has 0 atom stereocenters. The molecule has 20 aromatic rings. The van der Waals surface area contributed by atoms with Gasteiger partial charge in [-0.1, -0.05) is 261 Å². The number of nitrogens with zero attached hydrogens (tertiary/aromatic N) is 9. The van der Waals surface area contributed by atoms with Crippen molar-refractivity contribution in [1.29, 1.82) is 0 Å². The highest BCUT2D eigenvalue weighted by molar-refractivity contribution is 6.26. The van der Waals surface area contributed by atoms with Crippen LogP contribution in [0.5, 0.6) is 0 Å². The average Bonchev–Trinajstić information content (AvgIpc) is 1.55. The highest BCUT2D eigenvalue weighted by Gasteiger charge is 2.27. The lowest BCUT2D eigenvalue weighted by molar-refractivity contribution is 0.993. The highest BCUT2D eigenvalue weighted by Crippen LogP contribution is 2.46. The van der Waals surface area contributed by atoms with Crippen molar-refractivity contribution >= 4 is 87.2 Å². The summed E-state index contributed by atoms with van der Waals surface area (Å²) in [5.41, 5.74) is 23.4. The van der Waals surface area contributed by atoms with Gasteiger partial charge in [0, 0.05) is 77.2 Å². The van der Waals surface area contributed by atoms with Gasteiger partial charge in [0.25, 0.3) is 0 Å². The molecule has 0 aliphatic carbocycles. The maximum atomic E-state index is 5.71. The first-order valence-corrected chi connectivity index (χ1v) is 33.8. The van der Waals surface area contributed by atoms with Crippen molar-refractivity contribution in [2.45, 2.75) is 0 Å². The molecular formula is C91H57N9. The number of fused-ring (bicyclic) bond motifs is 14. The molecule has 13 aromatic carbocycles. The number of hydrogen-bond acceptors (Lipinski definition) is 5. The Labute approximate surface area is 574 Å². The zero-order valence-electron chi connectivity index (χ0n) is 53.9. The SMILES string of the molecule is c1ccc(-c2ccc3c(c2)c2ccc4c5cc(-c6ccccc6)ccc5n(-c5nc(-c6ccccc6)cc(-c6ccc(-c7ccc8c(c7)c7ccc9c%10ccccc%10n(-c%10nc(-c%11ccccc%11)cc(-c%11ccccc%11)n%10)c9c7n8-c7ccccn7)cc6)n5)c4c2n3-c2ccccc2)cc1. The monoisotopic (exact) mass is 1280 g/mol. The normalized spacial score (nSPS) is 11.8. The number of para-hydroxylation sites is 2. The van der Waals surface area contributed by atoms with E-state index in [1.807, 2.05) is 24.4 Å². The lowest BCUT2D eigenvalue weighted by Gasteiger charge is -2.14. The summed E-state index contributed by atoms with van der Waals surface area (Å²) in [6, 6.07) is 121. The van der Waals surface area contributed by atoms with Gasteiger partial charge in [-0.05, 0) is 112 Å². The second-order valence-electron chi connectivity index (χ2n) is 25.6. The molecule has 0 spiro atoms. The Kier molecular flexibility index (Phi) is 13.1. The van der Waals surface area contributed by atoms with Crippen LogP contribution in [0.3, 0.4) is 0 Å². The molecule has 0 aliphatic rings. The molecule has 0 saturated heterocycles. The average molecular weight is 1280 g/mol. The van der Waals surface area contributed by atoms with Crippen LogP contribution in [0.1, 0.15) is 0 Å². The summed E-state index contributed by atoms with van der Waals surface area (Å²) in [7, 11) is 0. The van der Waals surface area contributed by atoms with E-state index in [2.05, 4.69) is 340 Å². The molecule has 0 N–H and O–H groups in total. The van der Waals surface area contributed by atoms with E-state index in [-0.39, 0.29) is 0 Å². The zero-order valence-corrected chi connectivity index (χ0v) is 53.9. The van der Waals surface area contributed by atoms with E-state index in [0.717, 1.165) is 172 Å². The van der Waals surface area contributed by atoms with Gasteiger partial charge < -0.3 is 4.57 Å². The molecule has 100 heavy (non-hydrogen) atoms. The molecule has 0 saturated carbocycles. The van der Waals surface area contributed by atoms with Crippen LogP contribution in [-0.4, -0.2) is 43.2 Å². The largest absolute Gasteiger partial charge is 0.307 e. The number of rotatable bonds is 11. The molecule has 9 nitrogen and oxygen atoms in total. The van der Waals surface area contributed by atoms with Crippen LogP contribution in [0.15, 0.2) is 346 Å². The van der Waals surface area contributed by atoms with Gasteiger partial charge in [-0.2, -0.15) is 0 Å². The van der Waals surface area contributed by atoms with Gasteiger partial charge in [-0.15, -0.1) is 0 Å². The van der Waals surface area contributed by atoms with Crippen molar-refractivity contribution in [3.05, 3.63) is 346 Å². The Morgan fingerprint density at radius 2 is 0.500 bits per heavy atom. The second-order valence-corrected chi connectivity index (χ2v) is 25.6. The maximum Gasteiger partial charge on any atom is 0.235 e. The van der Waals surface area contributed by atoms with Crippen molar-refractivity contribution in [2.75, 3.05) is 0 Å². The smallest absolute Gasteiger partial charge is 0.235 e. The Morgan fingerprint density at radius 1 is 0.190 bits per heavy atom. The quantitative estimate of drug-likeness (QED) is 0.129. The molecule has 7 heterocycles. The Bertz CT molecular complexity index is 6530. The third-order valence-corrected chi connectivity index (χ3v) is 19.9. The van der Waals surface area contributed by atoms with Crippen LogP contribution in [0.4, 0.5) is 0 Å². The molecule has 20 rings (SSSR count). The van der Waals surface area contributed by atoms with Crippen molar-refractivity contribution in [2.24, 2.45) is 0 Å². The first-order valence-electron chi connectivity index (χ1n) is 33.8. The number of pyridine rings is 1. The van der Waals surface area contributed by atoms with E-state index < -0.39 is 0 Å². The van der Waals surface area contributed by atoms with E-state index in [1.54, 1.807) is 0 Å². The van der Waals surface area contributed by atoms with E-state index >= 15 is 0 Å². The van der Waals surface area contributed by atoms with Crippen molar-refractivity contribution in [3.8, 4) is 102 Å². The minimum absolute atomic E-state index is 0.574. The summed E-state index contributed by atoms with van der Waals surface area (Å²) in [4.78, 5) is 27.3. The standard InChI is InChI=1S/C91H57N9/c1-7-23-58(24-8-1)65-42-49-82-74(53-65)71-47-48-73-76-54-66(59-25-9-2-10-26-59)44-51-84(76)100(89(73)86(71)97(82)68-33-17-6-18-34-68)91-95-79(63-31-15-5-16-32-63)57-80(96-91)64-40-38-60(39-41-64)67-43-50-83-75(55-67)72-46-45-70-69-35-19-20-36-81(69)99(88(70)87(72)98(83)85-37-21-22-52-92-85)90-93-77(61-27-11-3-12-28-61)56-78(94-90)62-29-13-4-14-30-62/h1-57H. The highest BCUT2D eigenvalue weighted by atomic mass is 15.2. The van der Waals surface area contributed by atoms with Crippen molar-refractivity contribution in [1.82, 2.24) is 43.2 Å². The van der Waals surface area contributed by atoms with Gasteiger partial charge in [0.15, 0.2) is 0 Å². The minimum atomic E-state index is 0.574. The van der Waals surface area contributed by atoms with Gasteiger partial charge in [0.2, 0.25) is 11.9 Å². The van der Waals surface area contributed by atoms with Gasteiger partial charge in [-0.3, -0.25) is 13.7 Å². The third kappa shape index (κ3) is 9.21. The molecule has 0 amide bonds. The van der Waals surface area contributed by atoms with E-state index in [1.165, 1.54) is 5.56 Å². The fraction of sp³-hybridized carbons (Fsp3) is 0. The first-order chi connectivity index (χ1) is 49.6. The second kappa shape index (κ2) is 23.0. The molecule has 9 heteroatoms. The van der Waals surface area contributed by atoms with E-state index in [4.69, 9.17) is 24.9 Å². The summed E-state index contributed by atoms with van der Waals surface area (Å²) in [6.45, 7) is 0. The van der Waals surface area contributed by atoms with Gasteiger partial charge >= 0.3 is 0 Å². The Hall–Kier alpha value is -13.6. The van der Waals surface area contributed by atoms with Crippen LogP contribution in [0.2, 0.25) is 0 Å². The first kappa shape index (κ1) is 56.7. The fourth-order valence-electron chi connectivity index (χ4n) is 15.3. The van der Waals surface area contributed by atoms with Gasteiger partial charge in [0.1, 0.15) is 5.82 Å². The maximum absolute atomic E-state index is 5.71. The Balaban J connectivity index is 0.777. The van der Waals surface area contributed by atoms with Gasteiger partial charge in [0.05, 0.1) is 66.9 Å². The lowest BCUT2D eigenvalue weighted by Crippen LogP contribution is -2.05. The van der Waals surface area contributed by atoms with E-state index in [0.29, 0.717) is 11.9 Å². The number of aromatic nitrogens is 9. The minimum Gasteiger partial charge on any atom is -0.307 e. The molecule has 466 valence electrons.